The van der Waals surface area contributed by atoms with Crippen LogP contribution in [0.1, 0.15) is 28.2 Å². The van der Waals surface area contributed by atoms with E-state index in [1.807, 2.05) is 53.4 Å². The van der Waals surface area contributed by atoms with Crippen LogP contribution in [0.25, 0.3) is 0 Å². The van der Waals surface area contributed by atoms with E-state index in [1.165, 1.54) is 5.56 Å². The van der Waals surface area contributed by atoms with Gasteiger partial charge in [-0.15, -0.1) is 0 Å². The molecule has 3 heterocycles. The minimum absolute atomic E-state index is 0.406. The molecule has 0 N–H and O–H groups in total. The molecule has 3 aliphatic heterocycles. The zero-order chi connectivity index (χ0) is 27.0. The third-order valence-electron chi connectivity index (χ3n) is 8.37. The fourth-order valence-electron chi connectivity index (χ4n) is 6.74. The number of aryl methyl sites for hydroxylation is 1. The number of hydrogen-bond donors (Lipinski definition) is 0. The Balaban J connectivity index is 1.47. The zero-order valence-corrected chi connectivity index (χ0v) is 22.8. The van der Waals surface area contributed by atoms with Gasteiger partial charge in [0.1, 0.15) is 21.7 Å². The molecule has 0 unspecified atom stereocenters. The Morgan fingerprint density at radius 1 is 0.821 bits per heavy atom. The highest BCUT2D eigenvalue weighted by Crippen LogP contribution is 2.58. The molecule has 3 aliphatic rings. The van der Waals surface area contributed by atoms with Crippen LogP contribution in [0, 0.1) is 40.4 Å². The fraction of sp³-hybridized carbons (Fsp3) is 0.312. The zero-order valence-electron chi connectivity index (χ0n) is 22.0. The van der Waals surface area contributed by atoms with E-state index in [-0.39, 0.29) is 0 Å². The molecular formula is C32H30N6S. The molecule has 3 aromatic carbocycles. The summed E-state index contributed by atoms with van der Waals surface area (Å²) in [6, 6.07) is 34.1. The summed E-state index contributed by atoms with van der Waals surface area (Å²) < 4.78 is 0. The van der Waals surface area contributed by atoms with E-state index in [9.17, 15) is 10.5 Å². The van der Waals surface area contributed by atoms with Crippen LogP contribution in [0.3, 0.4) is 0 Å². The summed E-state index contributed by atoms with van der Waals surface area (Å²) in [5.41, 5.74) is 2.34. The number of thiocarbonyl (C=S) groups is 1. The van der Waals surface area contributed by atoms with Crippen molar-refractivity contribution in [2.24, 2.45) is 15.8 Å². The van der Waals surface area contributed by atoms with Gasteiger partial charge in [0.15, 0.2) is 0 Å². The highest BCUT2D eigenvalue weighted by Gasteiger charge is 2.68. The summed E-state index contributed by atoms with van der Waals surface area (Å²) in [5, 5.41) is 22.1. The first-order chi connectivity index (χ1) is 19.0. The molecule has 194 valence electrons. The average molecular weight is 531 g/mol. The highest BCUT2D eigenvalue weighted by molar-refractivity contribution is 7.80. The van der Waals surface area contributed by atoms with E-state index in [0.29, 0.717) is 43.8 Å². The van der Waals surface area contributed by atoms with E-state index >= 15 is 0 Å². The molecule has 2 fully saturated rings. The van der Waals surface area contributed by atoms with Crippen LogP contribution < -0.4 is 0 Å². The molecule has 39 heavy (non-hydrogen) atoms. The molecule has 0 aliphatic carbocycles. The monoisotopic (exact) mass is 530 g/mol. The van der Waals surface area contributed by atoms with E-state index in [0.717, 1.165) is 23.2 Å². The van der Waals surface area contributed by atoms with Gasteiger partial charge in [0.05, 0.1) is 25.5 Å². The second kappa shape index (κ2) is 10.0. The number of likely N-dealkylation sites (tertiary alicyclic amines) is 1. The maximum atomic E-state index is 11.1. The van der Waals surface area contributed by atoms with E-state index in [1.54, 1.807) is 0 Å². The standard InChI is InChI=1S/C32H30N6S/c1-24-10-8-9-15-27(24)28-31(18-33)20-36(16-25-11-4-2-5-12-25)21-32(28,19-34)30(39)38-23-37(22-35-29(31)38)17-26-13-6-3-7-14-26/h2-15,28H,16-17,20-23H2,1H3/t28-,31+,32+/m0/s1. The number of amidine groups is 1. The predicted molar refractivity (Wildman–Crippen MR) is 155 cm³/mol. The second-order valence-corrected chi connectivity index (χ2v) is 11.3. The average Bonchev–Trinajstić information content (AvgIpc) is 2.97. The van der Waals surface area contributed by atoms with Gasteiger partial charge in [-0.2, -0.15) is 10.5 Å². The van der Waals surface area contributed by atoms with Crippen molar-refractivity contribution in [3.05, 3.63) is 107 Å². The summed E-state index contributed by atoms with van der Waals surface area (Å²) in [5.74, 6) is 0.299. The Bertz CT molecular complexity index is 1510. The van der Waals surface area contributed by atoms with Crippen molar-refractivity contribution < 1.29 is 0 Å². The van der Waals surface area contributed by atoms with Crippen molar-refractivity contribution in [2.45, 2.75) is 25.9 Å². The smallest absolute Gasteiger partial charge is 0.136 e. The van der Waals surface area contributed by atoms with Crippen LogP contribution in [0.4, 0.5) is 0 Å². The number of benzene rings is 3. The van der Waals surface area contributed by atoms with Crippen molar-refractivity contribution in [1.29, 1.82) is 10.5 Å². The van der Waals surface area contributed by atoms with Crippen LogP contribution in [0.5, 0.6) is 0 Å². The van der Waals surface area contributed by atoms with Crippen molar-refractivity contribution >= 4 is 23.0 Å². The molecule has 6 nitrogen and oxygen atoms in total. The van der Waals surface area contributed by atoms with Gasteiger partial charge in [-0.05, 0) is 29.2 Å². The summed E-state index contributed by atoms with van der Waals surface area (Å²) in [6.07, 6.45) is 0. The molecule has 2 bridgehead atoms. The lowest BCUT2D eigenvalue weighted by Crippen LogP contribution is -2.73. The van der Waals surface area contributed by atoms with Crippen LogP contribution in [-0.4, -0.2) is 52.0 Å². The van der Waals surface area contributed by atoms with E-state index in [4.69, 9.17) is 17.2 Å². The number of piperidine rings is 2. The van der Waals surface area contributed by atoms with Gasteiger partial charge in [0.25, 0.3) is 0 Å². The number of nitriles is 2. The Morgan fingerprint density at radius 2 is 1.38 bits per heavy atom. The van der Waals surface area contributed by atoms with Crippen molar-refractivity contribution in [2.75, 3.05) is 26.4 Å². The summed E-state index contributed by atoms with van der Waals surface area (Å²) in [7, 11) is 0. The van der Waals surface area contributed by atoms with Gasteiger partial charge in [-0.25, -0.2) is 0 Å². The lowest BCUT2D eigenvalue weighted by atomic mass is 9.53. The lowest BCUT2D eigenvalue weighted by molar-refractivity contribution is 0.0522. The Morgan fingerprint density at radius 3 is 2.00 bits per heavy atom. The first-order valence-corrected chi connectivity index (χ1v) is 13.7. The minimum Gasteiger partial charge on any atom is -0.308 e. The van der Waals surface area contributed by atoms with Gasteiger partial charge in [0.2, 0.25) is 0 Å². The van der Waals surface area contributed by atoms with Crippen LogP contribution in [0.2, 0.25) is 0 Å². The van der Waals surface area contributed by atoms with Gasteiger partial charge in [-0.3, -0.25) is 14.8 Å². The Kier molecular flexibility index (Phi) is 6.53. The number of nitrogens with zero attached hydrogens (tertiary/aromatic N) is 6. The first-order valence-electron chi connectivity index (χ1n) is 13.3. The maximum absolute atomic E-state index is 11.1. The molecule has 0 spiro atoms. The molecule has 3 atom stereocenters. The number of fused-ring (bicyclic) bond motifs is 4. The van der Waals surface area contributed by atoms with Crippen LogP contribution in [-0.2, 0) is 13.1 Å². The van der Waals surface area contributed by atoms with Gasteiger partial charge in [-0.1, -0.05) is 97.1 Å². The normalized spacial score (nSPS) is 26.7. The van der Waals surface area contributed by atoms with E-state index in [2.05, 4.69) is 65.3 Å². The number of aliphatic imine (C=N–C) groups is 1. The SMILES string of the molecule is Cc1ccccc1[C@@H]1[C@@]2(C#N)CN(Cc3ccccc3)C[C@@]1(C#N)C1=NCN(Cc3ccccc3)CN1C2=S. The van der Waals surface area contributed by atoms with Crippen molar-refractivity contribution in [3.8, 4) is 12.1 Å². The van der Waals surface area contributed by atoms with Crippen molar-refractivity contribution in [3.63, 3.8) is 0 Å². The van der Waals surface area contributed by atoms with Gasteiger partial charge >= 0.3 is 0 Å². The third-order valence-corrected chi connectivity index (χ3v) is 8.96. The van der Waals surface area contributed by atoms with Gasteiger partial charge in [0, 0.05) is 32.1 Å². The lowest BCUT2D eigenvalue weighted by Gasteiger charge is -2.60. The molecular weight excluding hydrogens is 500 g/mol. The Labute approximate surface area is 235 Å². The molecule has 0 saturated carbocycles. The molecule has 7 heteroatoms. The Hall–Kier alpha value is -3.88. The van der Waals surface area contributed by atoms with Crippen molar-refractivity contribution in [1.82, 2.24) is 14.7 Å². The second-order valence-electron chi connectivity index (χ2n) is 10.9. The number of rotatable bonds is 5. The maximum Gasteiger partial charge on any atom is 0.136 e. The largest absolute Gasteiger partial charge is 0.308 e. The summed E-state index contributed by atoms with van der Waals surface area (Å²) >= 11 is 6.24. The quantitative estimate of drug-likeness (QED) is 0.428. The third kappa shape index (κ3) is 4.15. The molecule has 0 aromatic heterocycles. The molecule has 0 amide bonds. The van der Waals surface area contributed by atoms with Gasteiger partial charge < -0.3 is 4.90 Å². The van der Waals surface area contributed by atoms with E-state index < -0.39 is 16.7 Å². The van der Waals surface area contributed by atoms with Crippen LogP contribution in [0.15, 0.2) is 89.9 Å². The fourth-order valence-corrected chi connectivity index (χ4v) is 7.11. The molecule has 6 rings (SSSR count). The summed E-state index contributed by atoms with van der Waals surface area (Å²) in [4.78, 5) is 12.1. The molecule has 0 radical (unpaired) electrons. The molecule has 3 aromatic rings. The highest BCUT2D eigenvalue weighted by atomic mass is 32.1. The minimum atomic E-state index is -1.06. The molecule has 2 saturated heterocycles. The topological polar surface area (TPSA) is 69.7 Å². The first kappa shape index (κ1) is 25.4. The summed E-state index contributed by atoms with van der Waals surface area (Å²) in [6.45, 7) is 5.35. The number of hydrogen-bond acceptors (Lipinski definition) is 6. The predicted octanol–water partition coefficient (Wildman–Crippen LogP) is 5.09. The van der Waals surface area contributed by atoms with Crippen LogP contribution >= 0.6 is 12.2 Å².